The molecule has 34 heavy (non-hydrogen) atoms. The number of allylic oxidation sites excluding steroid dienone is 2. The Labute approximate surface area is 199 Å². The first-order valence-electron chi connectivity index (χ1n) is 11.9. The molecule has 2 bridgehead atoms. The van der Waals surface area contributed by atoms with Crippen molar-refractivity contribution in [1.29, 1.82) is 0 Å². The largest absolute Gasteiger partial charge is 0.416 e. The first kappa shape index (κ1) is 22.1. The standard InChI is InChI=1S/C25H24ClF3N2O3/c26-18-8-3-12(25(27,28)29)9-19(18)30-22(32)11-1-4-13(5-2-11)31-23(33)20-14-6-7-15(17-10-16(14)17)21(20)24(31)34/h3,6-9,11,13-17,20-21H,1-2,4-5,10H2,(H,30,32)/t11?,13?,14-,15-,16-,17+,20-,21+/m1/s1. The van der Waals surface area contributed by atoms with E-state index >= 15 is 0 Å². The number of nitrogens with one attached hydrogen (secondary N) is 1. The average molecular weight is 493 g/mol. The van der Waals surface area contributed by atoms with Crippen LogP contribution in [0.3, 0.4) is 0 Å². The van der Waals surface area contributed by atoms with Crippen LogP contribution in [-0.2, 0) is 20.6 Å². The van der Waals surface area contributed by atoms with Crippen LogP contribution in [0.15, 0.2) is 30.4 Å². The van der Waals surface area contributed by atoms with Crippen LogP contribution < -0.4 is 5.32 Å². The van der Waals surface area contributed by atoms with E-state index in [9.17, 15) is 27.6 Å². The van der Waals surface area contributed by atoms with Gasteiger partial charge in [0.05, 0.1) is 28.1 Å². The van der Waals surface area contributed by atoms with Crippen molar-refractivity contribution in [2.24, 2.45) is 41.4 Å². The normalized spacial score (nSPS) is 38.1. The van der Waals surface area contributed by atoms with Gasteiger partial charge in [-0.15, -0.1) is 0 Å². The lowest BCUT2D eigenvalue weighted by Crippen LogP contribution is -2.44. The number of anilines is 1. The molecule has 3 saturated carbocycles. The Bertz CT molecular complexity index is 1080. The molecule has 1 aromatic rings. The molecule has 5 nitrogen and oxygen atoms in total. The summed E-state index contributed by atoms with van der Waals surface area (Å²) in [7, 11) is 0. The highest BCUT2D eigenvalue weighted by Crippen LogP contribution is 2.65. The minimum Gasteiger partial charge on any atom is -0.325 e. The predicted molar refractivity (Wildman–Crippen MR) is 117 cm³/mol. The monoisotopic (exact) mass is 492 g/mol. The topological polar surface area (TPSA) is 66.5 Å². The van der Waals surface area contributed by atoms with Gasteiger partial charge < -0.3 is 5.32 Å². The molecule has 0 unspecified atom stereocenters. The molecule has 0 radical (unpaired) electrons. The zero-order valence-electron chi connectivity index (χ0n) is 18.2. The number of hydrogen-bond acceptors (Lipinski definition) is 3. The van der Waals surface area contributed by atoms with Gasteiger partial charge in [0.2, 0.25) is 17.7 Å². The molecule has 4 fully saturated rings. The Morgan fingerprint density at radius 2 is 1.56 bits per heavy atom. The summed E-state index contributed by atoms with van der Waals surface area (Å²) >= 11 is 6.00. The second kappa shape index (κ2) is 7.57. The van der Waals surface area contributed by atoms with E-state index in [1.165, 1.54) is 4.90 Å². The first-order valence-corrected chi connectivity index (χ1v) is 12.3. The third-order valence-electron chi connectivity index (χ3n) is 8.68. The van der Waals surface area contributed by atoms with Crippen molar-refractivity contribution in [2.75, 3.05) is 5.32 Å². The van der Waals surface area contributed by atoms with Crippen LogP contribution in [0.1, 0.15) is 37.7 Å². The van der Waals surface area contributed by atoms with Crippen molar-refractivity contribution in [2.45, 2.75) is 44.3 Å². The number of halogens is 4. The summed E-state index contributed by atoms with van der Waals surface area (Å²) in [6.07, 6.45) is 2.81. The summed E-state index contributed by atoms with van der Waals surface area (Å²) in [5.41, 5.74) is -0.955. The van der Waals surface area contributed by atoms with Crippen LogP contribution in [0.4, 0.5) is 18.9 Å². The third-order valence-corrected chi connectivity index (χ3v) is 9.01. The number of alkyl halides is 3. The molecule has 6 atom stereocenters. The van der Waals surface area contributed by atoms with Crippen LogP contribution in [0, 0.1) is 41.4 Å². The van der Waals surface area contributed by atoms with E-state index in [-0.39, 0.29) is 52.2 Å². The Kier molecular flexibility index (Phi) is 4.93. The highest BCUT2D eigenvalue weighted by molar-refractivity contribution is 6.33. The lowest BCUT2D eigenvalue weighted by molar-refractivity contribution is -0.144. The van der Waals surface area contributed by atoms with Crippen molar-refractivity contribution in [1.82, 2.24) is 4.90 Å². The van der Waals surface area contributed by atoms with Gasteiger partial charge in [0, 0.05) is 12.0 Å². The van der Waals surface area contributed by atoms with Gasteiger partial charge in [0.25, 0.3) is 0 Å². The summed E-state index contributed by atoms with van der Waals surface area (Å²) in [5.74, 6) is 0.0983. The highest BCUT2D eigenvalue weighted by atomic mass is 35.5. The van der Waals surface area contributed by atoms with Gasteiger partial charge in [-0.2, -0.15) is 13.2 Å². The van der Waals surface area contributed by atoms with Gasteiger partial charge >= 0.3 is 6.18 Å². The summed E-state index contributed by atoms with van der Waals surface area (Å²) in [6, 6.07) is 2.60. The highest BCUT2D eigenvalue weighted by Gasteiger charge is 2.67. The molecule has 1 aromatic carbocycles. The van der Waals surface area contributed by atoms with Crippen molar-refractivity contribution in [3.8, 4) is 0 Å². The van der Waals surface area contributed by atoms with E-state index in [0.717, 1.165) is 24.6 Å². The maximum Gasteiger partial charge on any atom is 0.416 e. The van der Waals surface area contributed by atoms with E-state index in [1.807, 2.05) is 0 Å². The molecule has 6 aliphatic rings. The molecule has 7 rings (SSSR count). The molecule has 0 spiro atoms. The molecule has 3 amide bonds. The lowest BCUT2D eigenvalue weighted by atomic mass is 9.63. The van der Waals surface area contributed by atoms with Crippen molar-refractivity contribution >= 4 is 35.0 Å². The molecule has 9 heteroatoms. The molecule has 180 valence electrons. The van der Waals surface area contributed by atoms with Crippen LogP contribution in [0.25, 0.3) is 0 Å². The van der Waals surface area contributed by atoms with Crippen molar-refractivity contribution in [3.05, 3.63) is 40.9 Å². The predicted octanol–water partition coefficient (Wildman–Crippen LogP) is 4.91. The fourth-order valence-corrected chi connectivity index (χ4v) is 7.13. The van der Waals surface area contributed by atoms with Gasteiger partial charge in [-0.25, -0.2) is 0 Å². The minimum atomic E-state index is -4.54. The van der Waals surface area contributed by atoms with Crippen LogP contribution in [0.5, 0.6) is 0 Å². The van der Waals surface area contributed by atoms with Gasteiger partial charge in [-0.1, -0.05) is 23.8 Å². The molecule has 1 saturated heterocycles. The molecule has 1 heterocycles. The molecular formula is C25H24ClF3N2O3. The third kappa shape index (κ3) is 3.32. The van der Waals surface area contributed by atoms with Crippen molar-refractivity contribution in [3.63, 3.8) is 0 Å². The van der Waals surface area contributed by atoms with Crippen LogP contribution in [0.2, 0.25) is 5.02 Å². The quantitative estimate of drug-likeness (QED) is 0.481. The average Bonchev–Trinajstić information content (AvgIpc) is 3.58. The van der Waals surface area contributed by atoms with Gasteiger partial charge in [0.1, 0.15) is 0 Å². The first-order chi connectivity index (χ1) is 16.1. The number of imide groups is 1. The zero-order valence-corrected chi connectivity index (χ0v) is 19.0. The molecule has 1 N–H and O–H groups in total. The molecule has 1 aliphatic heterocycles. The Morgan fingerprint density at radius 1 is 0.971 bits per heavy atom. The summed E-state index contributed by atoms with van der Waals surface area (Å²) in [5, 5.41) is 2.57. The van der Waals surface area contributed by atoms with E-state index in [1.54, 1.807) is 0 Å². The van der Waals surface area contributed by atoms with Crippen LogP contribution in [-0.4, -0.2) is 28.7 Å². The second-order valence-corrected chi connectivity index (χ2v) is 10.8. The SMILES string of the molecule is O=C(Nc1cc(C(F)(F)F)ccc1Cl)C1CCC(N2C(=O)[C@@H]3[C@@H]4C=C[C@H]([C@@H]5C[C@H]45)[C@@H]3C2=O)CC1. The Morgan fingerprint density at radius 3 is 2.12 bits per heavy atom. The van der Waals surface area contributed by atoms with E-state index < -0.39 is 23.6 Å². The van der Waals surface area contributed by atoms with Gasteiger partial charge in [-0.3, -0.25) is 19.3 Å². The number of hydrogen-bond donors (Lipinski definition) is 1. The lowest BCUT2D eigenvalue weighted by Gasteiger charge is -2.37. The van der Waals surface area contributed by atoms with Gasteiger partial charge in [-0.05, 0) is 74.0 Å². The van der Waals surface area contributed by atoms with Crippen LogP contribution >= 0.6 is 11.6 Å². The number of likely N-dealkylation sites (tertiary alicyclic amines) is 1. The number of carbonyl (C=O) groups is 3. The van der Waals surface area contributed by atoms with Crippen molar-refractivity contribution < 1.29 is 27.6 Å². The summed E-state index contributed by atoms with van der Waals surface area (Å²) < 4.78 is 39.0. The number of amides is 3. The fourth-order valence-electron chi connectivity index (χ4n) is 6.97. The molecular weight excluding hydrogens is 469 g/mol. The maximum atomic E-state index is 13.3. The molecule has 0 aromatic heterocycles. The second-order valence-electron chi connectivity index (χ2n) is 10.4. The zero-order chi connectivity index (χ0) is 23.9. The summed E-state index contributed by atoms with van der Waals surface area (Å²) in [4.78, 5) is 40.9. The molecule has 5 aliphatic carbocycles. The maximum absolute atomic E-state index is 13.3. The minimum absolute atomic E-state index is 0.0344. The number of nitrogens with zero attached hydrogens (tertiary/aromatic N) is 1. The number of rotatable bonds is 3. The number of benzene rings is 1. The smallest absolute Gasteiger partial charge is 0.325 e. The van der Waals surface area contributed by atoms with E-state index in [2.05, 4.69) is 17.5 Å². The fraction of sp³-hybridized carbons (Fsp3) is 0.560. The van der Waals surface area contributed by atoms with E-state index in [4.69, 9.17) is 11.6 Å². The Hall–Kier alpha value is -2.35. The summed E-state index contributed by atoms with van der Waals surface area (Å²) in [6.45, 7) is 0. The number of carbonyl (C=O) groups excluding carboxylic acids is 3. The Balaban J connectivity index is 1.11. The van der Waals surface area contributed by atoms with Gasteiger partial charge in [0.15, 0.2) is 0 Å². The van der Waals surface area contributed by atoms with E-state index in [0.29, 0.717) is 37.5 Å².